The fourth-order valence-electron chi connectivity index (χ4n) is 3.03. The van der Waals surface area contributed by atoms with E-state index in [-0.39, 0.29) is 11.9 Å². The molecule has 0 spiro atoms. The second-order valence-corrected chi connectivity index (χ2v) is 6.61. The second-order valence-electron chi connectivity index (χ2n) is 6.61. The number of carboxylic acid groups (broad SMARTS) is 1. The topological polar surface area (TPSA) is 60.9 Å². The van der Waals surface area contributed by atoms with Crippen molar-refractivity contribution in [3.8, 4) is 0 Å². The highest BCUT2D eigenvalue weighted by molar-refractivity contribution is 5.76. The van der Waals surface area contributed by atoms with Gasteiger partial charge in [-0.2, -0.15) is 0 Å². The highest BCUT2D eigenvalue weighted by Gasteiger charge is 2.41. The quantitative estimate of drug-likeness (QED) is 0.861. The Morgan fingerprint density at radius 2 is 1.95 bits per heavy atom. The van der Waals surface area contributed by atoms with Gasteiger partial charge in [-0.15, -0.1) is 0 Å². The first-order valence-corrected chi connectivity index (χ1v) is 7.66. The molecule has 0 aromatic rings. The van der Waals surface area contributed by atoms with Crippen molar-refractivity contribution in [2.75, 3.05) is 19.6 Å². The number of hydrogen-bond donors (Lipinski definition) is 1. The SMILES string of the molecule is CCN(C(=O)N1CCCC(C(C)(C)C(=O)O)C1)C1CC1. The third-order valence-corrected chi connectivity index (χ3v) is 4.84. The zero-order valence-electron chi connectivity index (χ0n) is 12.8. The van der Waals surface area contributed by atoms with Crippen LogP contribution in [0.15, 0.2) is 0 Å². The molecule has 2 aliphatic rings. The minimum Gasteiger partial charge on any atom is -0.481 e. The molecule has 0 aromatic carbocycles. The Hall–Kier alpha value is -1.26. The van der Waals surface area contributed by atoms with E-state index in [0.29, 0.717) is 12.6 Å². The van der Waals surface area contributed by atoms with E-state index in [0.717, 1.165) is 38.8 Å². The normalized spacial score (nSPS) is 23.6. The highest BCUT2D eigenvalue weighted by atomic mass is 16.4. The van der Waals surface area contributed by atoms with E-state index in [2.05, 4.69) is 0 Å². The molecule has 0 aromatic heterocycles. The summed E-state index contributed by atoms with van der Waals surface area (Å²) in [5, 5.41) is 9.36. The van der Waals surface area contributed by atoms with Gasteiger partial charge in [0.05, 0.1) is 5.41 Å². The van der Waals surface area contributed by atoms with Crippen molar-refractivity contribution >= 4 is 12.0 Å². The molecule has 1 N–H and O–H groups in total. The maximum Gasteiger partial charge on any atom is 0.320 e. The first kappa shape index (κ1) is 15.1. The molecule has 114 valence electrons. The zero-order chi connectivity index (χ0) is 14.9. The maximum absolute atomic E-state index is 12.6. The summed E-state index contributed by atoms with van der Waals surface area (Å²) in [6.45, 7) is 7.63. The molecule has 1 saturated carbocycles. The van der Waals surface area contributed by atoms with Crippen LogP contribution in [0.5, 0.6) is 0 Å². The van der Waals surface area contributed by atoms with E-state index in [4.69, 9.17) is 0 Å². The highest BCUT2D eigenvalue weighted by Crippen LogP contribution is 2.35. The molecule has 2 rings (SSSR count). The van der Waals surface area contributed by atoms with Crippen LogP contribution in [0.2, 0.25) is 0 Å². The van der Waals surface area contributed by atoms with Crippen LogP contribution >= 0.6 is 0 Å². The van der Waals surface area contributed by atoms with Crippen molar-refractivity contribution < 1.29 is 14.7 Å². The van der Waals surface area contributed by atoms with Crippen LogP contribution in [-0.2, 0) is 4.79 Å². The standard InChI is InChI=1S/C15H26N2O3/c1-4-17(12-7-8-12)14(20)16-9-5-6-11(10-16)15(2,3)13(18)19/h11-12H,4-10H2,1-3H3,(H,18,19). The molecule has 5 heteroatoms. The van der Waals surface area contributed by atoms with Crippen LogP contribution in [0, 0.1) is 11.3 Å². The first-order chi connectivity index (χ1) is 9.37. The van der Waals surface area contributed by atoms with Crippen molar-refractivity contribution in [1.29, 1.82) is 0 Å². The average Bonchev–Trinajstić information content (AvgIpc) is 3.24. The summed E-state index contributed by atoms with van der Waals surface area (Å²) < 4.78 is 0. The molecule has 2 amide bonds. The van der Waals surface area contributed by atoms with E-state index in [9.17, 15) is 14.7 Å². The molecular weight excluding hydrogens is 256 g/mol. The third-order valence-electron chi connectivity index (χ3n) is 4.84. The number of carbonyl (C=O) groups excluding carboxylic acids is 1. The van der Waals surface area contributed by atoms with Crippen LogP contribution in [0.3, 0.4) is 0 Å². The lowest BCUT2D eigenvalue weighted by molar-refractivity contribution is -0.151. The van der Waals surface area contributed by atoms with E-state index in [1.165, 1.54) is 0 Å². The molecule has 1 atom stereocenters. The van der Waals surface area contributed by atoms with Crippen molar-refractivity contribution in [1.82, 2.24) is 9.80 Å². The summed E-state index contributed by atoms with van der Waals surface area (Å²) in [5.41, 5.74) is -0.768. The fourth-order valence-corrected chi connectivity index (χ4v) is 3.03. The smallest absolute Gasteiger partial charge is 0.320 e. The van der Waals surface area contributed by atoms with Gasteiger partial charge in [-0.25, -0.2) is 4.79 Å². The summed E-state index contributed by atoms with van der Waals surface area (Å²) in [5.74, 6) is -0.734. The summed E-state index contributed by atoms with van der Waals surface area (Å²) in [6, 6.07) is 0.515. The van der Waals surface area contributed by atoms with E-state index >= 15 is 0 Å². The van der Waals surface area contributed by atoms with Crippen LogP contribution < -0.4 is 0 Å². The summed E-state index contributed by atoms with van der Waals surface area (Å²) >= 11 is 0. The molecular formula is C15H26N2O3. The molecule has 0 radical (unpaired) electrons. The largest absolute Gasteiger partial charge is 0.481 e. The van der Waals surface area contributed by atoms with Crippen molar-refractivity contribution in [2.24, 2.45) is 11.3 Å². The van der Waals surface area contributed by atoms with Gasteiger partial charge in [0, 0.05) is 25.7 Å². The van der Waals surface area contributed by atoms with Crippen LogP contribution in [0.25, 0.3) is 0 Å². The third kappa shape index (κ3) is 2.91. The minimum absolute atomic E-state index is 0.0376. The van der Waals surface area contributed by atoms with Crippen molar-refractivity contribution in [3.05, 3.63) is 0 Å². The number of amides is 2. The summed E-state index contributed by atoms with van der Waals surface area (Å²) in [4.78, 5) is 27.8. The number of piperidine rings is 1. The fraction of sp³-hybridized carbons (Fsp3) is 0.867. The average molecular weight is 282 g/mol. The van der Waals surface area contributed by atoms with Gasteiger partial charge in [-0.05, 0) is 52.4 Å². The monoisotopic (exact) mass is 282 g/mol. The predicted octanol–water partition coefficient (Wildman–Crippen LogP) is 2.41. The van der Waals surface area contributed by atoms with Crippen molar-refractivity contribution in [3.63, 3.8) is 0 Å². The number of carboxylic acids is 1. The van der Waals surface area contributed by atoms with Crippen LogP contribution in [-0.4, -0.2) is 52.6 Å². The predicted molar refractivity (Wildman–Crippen MR) is 76.5 cm³/mol. The zero-order valence-corrected chi connectivity index (χ0v) is 12.8. The van der Waals surface area contributed by atoms with Gasteiger partial charge in [0.2, 0.25) is 0 Å². The lowest BCUT2D eigenvalue weighted by atomic mass is 9.74. The molecule has 1 aliphatic carbocycles. The molecule has 2 fully saturated rings. The molecule has 1 heterocycles. The molecule has 1 saturated heterocycles. The van der Waals surface area contributed by atoms with Crippen LogP contribution in [0.4, 0.5) is 4.79 Å². The molecule has 1 unspecified atom stereocenters. The Morgan fingerprint density at radius 1 is 1.30 bits per heavy atom. The molecule has 1 aliphatic heterocycles. The number of carbonyl (C=O) groups is 2. The lowest BCUT2D eigenvalue weighted by Crippen LogP contribution is -2.51. The van der Waals surface area contributed by atoms with Crippen LogP contribution in [0.1, 0.15) is 46.5 Å². The first-order valence-electron chi connectivity index (χ1n) is 7.66. The number of aliphatic carboxylic acids is 1. The minimum atomic E-state index is -0.772. The Bertz CT molecular complexity index is 391. The molecule has 5 nitrogen and oxygen atoms in total. The van der Waals surface area contributed by atoms with Gasteiger partial charge in [-0.1, -0.05) is 0 Å². The molecule has 0 bridgehead atoms. The van der Waals surface area contributed by atoms with E-state index in [1.807, 2.05) is 16.7 Å². The number of urea groups is 1. The Kier molecular flexibility index (Phi) is 4.25. The Morgan fingerprint density at radius 3 is 2.45 bits per heavy atom. The van der Waals surface area contributed by atoms with Gasteiger partial charge >= 0.3 is 12.0 Å². The van der Waals surface area contributed by atoms with Gasteiger partial charge in [0.1, 0.15) is 0 Å². The van der Waals surface area contributed by atoms with Crippen molar-refractivity contribution in [2.45, 2.75) is 52.5 Å². The van der Waals surface area contributed by atoms with E-state index < -0.39 is 11.4 Å². The Labute approximate surface area is 120 Å². The van der Waals surface area contributed by atoms with Gasteiger partial charge < -0.3 is 14.9 Å². The maximum atomic E-state index is 12.6. The number of likely N-dealkylation sites (tertiary alicyclic amines) is 1. The van der Waals surface area contributed by atoms with Gasteiger partial charge in [-0.3, -0.25) is 4.79 Å². The van der Waals surface area contributed by atoms with Gasteiger partial charge in [0.15, 0.2) is 0 Å². The second kappa shape index (κ2) is 5.62. The van der Waals surface area contributed by atoms with Gasteiger partial charge in [0.25, 0.3) is 0 Å². The number of nitrogens with zero attached hydrogens (tertiary/aromatic N) is 2. The molecule has 20 heavy (non-hydrogen) atoms. The van der Waals surface area contributed by atoms with E-state index in [1.54, 1.807) is 13.8 Å². The summed E-state index contributed by atoms with van der Waals surface area (Å²) in [7, 11) is 0. The number of hydrogen-bond acceptors (Lipinski definition) is 2. The summed E-state index contributed by atoms with van der Waals surface area (Å²) in [6.07, 6.45) is 4.00. The number of rotatable bonds is 4. The Balaban J connectivity index is 2.02. The lowest BCUT2D eigenvalue weighted by Gasteiger charge is -2.41.